The monoisotopic (exact) mass is 498 g/mol. The van der Waals surface area contributed by atoms with Gasteiger partial charge in [0.1, 0.15) is 0 Å². The topological polar surface area (TPSA) is 100 Å². The van der Waals surface area contributed by atoms with E-state index in [0.29, 0.717) is 24.3 Å². The van der Waals surface area contributed by atoms with Crippen LogP contribution in [0.1, 0.15) is 63.4 Å². The number of carbonyl (C=O) groups excluding carboxylic acids is 1. The molecule has 1 saturated heterocycles. The molecular formula is C25H34N6O3S. The summed E-state index contributed by atoms with van der Waals surface area (Å²) in [5, 5.41) is 8.10. The third-order valence-electron chi connectivity index (χ3n) is 6.46. The molecule has 0 aliphatic carbocycles. The zero-order chi connectivity index (χ0) is 25.2. The Labute approximate surface area is 207 Å². The van der Waals surface area contributed by atoms with Crippen LogP contribution in [-0.2, 0) is 10.0 Å². The second-order valence-corrected chi connectivity index (χ2v) is 11.0. The third kappa shape index (κ3) is 5.04. The van der Waals surface area contributed by atoms with Crippen LogP contribution < -0.4 is 10.2 Å². The first kappa shape index (κ1) is 25.1. The lowest BCUT2D eigenvalue weighted by atomic mass is 10.2. The Balaban J connectivity index is 1.69. The molecule has 188 valence electrons. The molecule has 9 nitrogen and oxygen atoms in total. The Morgan fingerprint density at radius 1 is 1.09 bits per heavy atom. The van der Waals surface area contributed by atoms with Gasteiger partial charge in [0.2, 0.25) is 10.0 Å². The molecule has 35 heavy (non-hydrogen) atoms. The van der Waals surface area contributed by atoms with Crippen LogP contribution in [0.5, 0.6) is 0 Å². The van der Waals surface area contributed by atoms with Crippen molar-refractivity contribution in [1.82, 2.24) is 19.1 Å². The van der Waals surface area contributed by atoms with Crippen molar-refractivity contribution in [1.29, 1.82) is 0 Å². The summed E-state index contributed by atoms with van der Waals surface area (Å²) >= 11 is 0. The summed E-state index contributed by atoms with van der Waals surface area (Å²) in [5.74, 6) is -0.349. The van der Waals surface area contributed by atoms with Gasteiger partial charge in [0, 0.05) is 43.8 Å². The van der Waals surface area contributed by atoms with Gasteiger partial charge in [-0.2, -0.15) is 9.40 Å². The van der Waals surface area contributed by atoms with E-state index in [2.05, 4.69) is 20.3 Å². The highest BCUT2D eigenvalue weighted by Crippen LogP contribution is 2.31. The second kappa shape index (κ2) is 10.3. The number of hydrogen-bond donors (Lipinski definition) is 1. The van der Waals surface area contributed by atoms with E-state index in [1.807, 2.05) is 32.4 Å². The molecule has 0 saturated carbocycles. The summed E-state index contributed by atoms with van der Waals surface area (Å²) in [6.07, 6.45) is 6.00. The Morgan fingerprint density at radius 3 is 2.46 bits per heavy atom. The van der Waals surface area contributed by atoms with Gasteiger partial charge in [-0.25, -0.2) is 18.1 Å². The standard InChI is InChI=1S/C25H34N6O3S/c1-5-29(6-2)23-11-10-21(35(33,34)30-12-8-7-9-13-30)15-22(23)28-25(32)20-14-19-17-27-31(18(3)4)24(19)26-16-20/h10-11,14-18H,5-9,12-13H2,1-4H3,(H,28,32). The van der Waals surface area contributed by atoms with Crippen LogP contribution in [0.2, 0.25) is 0 Å². The summed E-state index contributed by atoms with van der Waals surface area (Å²) in [6.45, 7) is 10.6. The van der Waals surface area contributed by atoms with Gasteiger partial charge in [-0.3, -0.25) is 4.79 Å². The van der Waals surface area contributed by atoms with Crippen molar-refractivity contribution >= 4 is 38.3 Å². The Bertz CT molecular complexity index is 1310. The van der Waals surface area contributed by atoms with E-state index < -0.39 is 10.0 Å². The first-order valence-electron chi connectivity index (χ1n) is 12.3. The predicted octanol–water partition coefficient (Wildman–Crippen LogP) is 4.29. The fourth-order valence-electron chi connectivity index (χ4n) is 4.51. The fourth-order valence-corrected chi connectivity index (χ4v) is 6.05. The predicted molar refractivity (Wildman–Crippen MR) is 138 cm³/mol. The van der Waals surface area contributed by atoms with Gasteiger partial charge in [0.05, 0.1) is 28.0 Å². The fraction of sp³-hybridized carbons (Fsp3) is 0.480. The first-order valence-corrected chi connectivity index (χ1v) is 13.7. The van der Waals surface area contributed by atoms with Crippen LogP contribution >= 0.6 is 0 Å². The van der Waals surface area contributed by atoms with Gasteiger partial charge >= 0.3 is 0 Å². The number of fused-ring (bicyclic) bond motifs is 1. The molecule has 1 aliphatic heterocycles. The molecule has 1 aliphatic rings. The number of nitrogens with zero attached hydrogens (tertiary/aromatic N) is 5. The van der Waals surface area contributed by atoms with Crippen molar-refractivity contribution in [3.8, 4) is 0 Å². The summed E-state index contributed by atoms with van der Waals surface area (Å²) < 4.78 is 29.9. The van der Waals surface area contributed by atoms with Crippen LogP contribution in [0.3, 0.4) is 0 Å². The van der Waals surface area contributed by atoms with E-state index in [0.717, 1.165) is 49.1 Å². The molecule has 0 atom stereocenters. The maximum absolute atomic E-state index is 13.3. The molecule has 3 aromatic rings. The zero-order valence-corrected chi connectivity index (χ0v) is 21.7. The molecule has 2 aromatic heterocycles. The third-order valence-corrected chi connectivity index (χ3v) is 8.35. The molecular weight excluding hydrogens is 464 g/mol. The number of hydrogen-bond acceptors (Lipinski definition) is 6. The molecule has 0 bridgehead atoms. The maximum atomic E-state index is 13.3. The first-order chi connectivity index (χ1) is 16.8. The van der Waals surface area contributed by atoms with Crippen LogP contribution in [-0.4, -0.2) is 59.6 Å². The molecule has 1 aromatic carbocycles. The Morgan fingerprint density at radius 2 is 1.80 bits per heavy atom. The van der Waals surface area contributed by atoms with Gasteiger partial charge in [-0.1, -0.05) is 6.42 Å². The van der Waals surface area contributed by atoms with Crippen molar-refractivity contribution in [3.63, 3.8) is 0 Å². The average Bonchev–Trinajstić information content (AvgIpc) is 3.29. The SMILES string of the molecule is CCN(CC)c1ccc(S(=O)(=O)N2CCCCC2)cc1NC(=O)c1cnc2c(cnn2C(C)C)c1. The van der Waals surface area contributed by atoms with E-state index in [4.69, 9.17) is 0 Å². The van der Waals surface area contributed by atoms with E-state index in [1.54, 1.807) is 34.8 Å². The maximum Gasteiger partial charge on any atom is 0.257 e. The van der Waals surface area contributed by atoms with Gasteiger partial charge < -0.3 is 10.2 Å². The quantitative estimate of drug-likeness (QED) is 0.497. The number of carbonyl (C=O) groups is 1. The van der Waals surface area contributed by atoms with Crippen LogP contribution in [0.25, 0.3) is 11.0 Å². The minimum absolute atomic E-state index is 0.154. The van der Waals surface area contributed by atoms with Gasteiger partial charge in [-0.15, -0.1) is 0 Å². The highest BCUT2D eigenvalue weighted by Gasteiger charge is 2.27. The number of benzene rings is 1. The van der Waals surface area contributed by atoms with E-state index in [-0.39, 0.29) is 16.8 Å². The highest BCUT2D eigenvalue weighted by atomic mass is 32.2. The Kier molecular flexibility index (Phi) is 7.42. The number of sulfonamides is 1. The van der Waals surface area contributed by atoms with Crippen molar-refractivity contribution in [3.05, 3.63) is 42.2 Å². The number of piperidine rings is 1. The van der Waals surface area contributed by atoms with Crippen LogP contribution in [0, 0.1) is 0 Å². The number of aromatic nitrogens is 3. The van der Waals surface area contributed by atoms with E-state index >= 15 is 0 Å². The van der Waals surface area contributed by atoms with E-state index in [9.17, 15) is 13.2 Å². The van der Waals surface area contributed by atoms with Crippen molar-refractivity contribution in [2.75, 3.05) is 36.4 Å². The number of rotatable bonds is 8. The van der Waals surface area contributed by atoms with Crippen molar-refractivity contribution < 1.29 is 13.2 Å². The molecule has 4 rings (SSSR count). The Hall–Kier alpha value is -2.98. The van der Waals surface area contributed by atoms with Gasteiger partial charge in [0.25, 0.3) is 5.91 Å². The smallest absolute Gasteiger partial charge is 0.257 e. The molecule has 1 N–H and O–H groups in total. The molecule has 0 radical (unpaired) electrons. The minimum atomic E-state index is -3.63. The lowest BCUT2D eigenvalue weighted by Gasteiger charge is -2.28. The summed E-state index contributed by atoms with van der Waals surface area (Å²) in [5.41, 5.74) is 2.35. The summed E-state index contributed by atoms with van der Waals surface area (Å²) in [6, 6.07) is 6.92. The number of pyridine rings is 1. The van der Waals surface area contributed by atoms with Crippen molar-refractivity contribution in [2.24, 2.45) is 0 Å². The number of amides is 1. The van der Waals surface area contributed by atoms with Gasteiger partial charge in [0.15, 0.2) is 5.65 Å². The van der Waals surface area contributed by atoms with Crippen LogP contribution in [0.4, 0.5) is 11.4 Å². The lowest BCUT2D eigenvalue weighted by Crippen LogP contribution is -2.35. The summed E-state index contributed by atoms with van der Waals surface area (Å²) in [4.78, 5) is 20.0. The molecule has 0 spiro atoms. The van der Waals surface area contributed by atoms with Crippen LogP contribution in [0.15, 0.2) is 41.6 Å². The van der Waals surface area contributed by atoms with E-state index in [1.165, 1.54) is 6.20 Å². The second-order valence-electron chi connectivity index (χ2n) is 9.09. The largest absolute Gasteiger partial charge is 0.370 e. The zero-order valence-electron chi connectivity index (χ0n) is 20.9. The molecule has 0 unspecified atom stereocenters. The molecule has 1 amide bonds. The van der Waals surface area contributed by atoms with Crippen molar-refractivity contribution in [2.45, 2.75) is 57.9 Å². The molecule has 10 heteroatoms. The highest BCUT2D eigenvalue weighted by molar-refractivity contribution is 7.89. The number of anilines is 2. The molecule has 1 fully saturated rings. The minimum Gasteiger partial charge on any atom is -0.370 e. The summed E-state index contributed by atoms with van der Waals surface area (Å²) in [7, 11) is -3.63. The lowest BCUT2D eigenvalue weighted by molar-refractivity contribution is 0.102. The normalized spacial score (nSPS) is 15.0. The molecule has 3 heterocycles. The number of nitrogens with one attached hydrogen (secondary N) is 1. The average molecular weight is 499 g/mol. The van der Waals surface area contributed by atoms with Gasteiger partial charge in [-0.05, 0) is 64.8 Å².